The normalized spacial score (nSPS) is 14.2. The second-order valence-electron chi connectivity index (χ2n) is 3.63. The van der Waals surface area contributed by atoms with Crippen molar-refractivity contribution in [3.05, 3.63) is 0 Å². The van der Waals surface area contributed by atoms with Gasteiger partial charge in [0.25, 0.3) is 0 Å². The first-order chi connectivity index (χ1) is 7.25. The number of imide groups is 1. The molecule has 0 aliphatic carbocycles. The zero-order valence-corrected chi connectivity index (χ0v) is 10.2. The molecule has 0 aliphatic heterocycles. The minimum atomic E-state index is -0.973. The SMILES string of the molecule is CC(SC(C(=O)O)C(C)C)C(=O)NC(N)=O. The molecule has 2 atom stereocenters. The number of rotatable bonds is 5. The summed E-state index contributed by atoms with van der Waals surface area (Å²) in [5.41, 5.74) is 4.79. The molecule has 0 aliphatic rings. The first kappa shape index (κ1) is 14.8. The lowest BCUT2D eigenvalue weighted by molar-refractivity contribution is -0.137. The van der Waals surface area contributed by atoms with Crippen molar-refractivity contribution in [3.63, 3.8) is 0 Å². The number of primary amides is 1. The van der Waals surface area contributed by atoms with Gasteiger partial charge in [0, 0.05) is 0 Å². The van der Waals surface area contributed by atoms with Gasteiger partial charge in [0.1, 0.15) is 5.25 Å². The number of amides is 3. The first-order valence-electron chi connectivity index (χ1n) is 4.74. The molecule has 92 valence electrons. The van der Waals surface area contributed by atoms with Gasteiger partial charge in [0.15, 0.2) is 0 Å². The highest BCUT2D eigenvalue weighted by molar-refractivity contribution is 8.01. The number of nitrogens with one attached hydrogen (secondary N) is 1. The van der Waals surface area contributed by atoms with Crippen molar-refractivity contribution < 1.29 is 19.5 Å². The summed E-state index contributed by atoms with van der Waals surface area (Å²) in [4.78, 5) is 32.6. The van der Waals surface area contributed by atoms with Crippen LogP contribution in [0.15, 0.2) is 0 Å². The maximum atomic E-state index is 11.3. The maximum absolute atomic E-state index is 11.3. The molecule has 6 nitrogen and oxygen atoms in total. The van der Waals surface area contributed by atoms with Gasteiger partial charge in [-0.3, -0.25) is 14.9 Å². The smallest absolute Gasteiger partial charge is 0.318 e. The number of nitrogens with two attached hydrogens (primary N) is 1. The second kappa shape index (κ2) is 6.37. The van der Waals surface area contributed by atoms with Gasteiger partial charge in [-0.2, -0.15) is 0 Å². The summed E-state index contributed by atoms with van der Waals surface area (Å²) in [6.45, 7) is 5.04. The molecule has 0 aromatic carbocycles. The summed E-state index contributed by atoms with van der Waals surface area (Å²) in [7, 11) is 0. The van der Waals surface area contributed by atoms with Gasteiger partial charge in [-0.25, -0.2) is 4.79 Å². The lowest BCUT2D eigenvalue weighted by Crippen LogP contribution is -2.40. The van der Waals surface area contributed by atoms with Gasteiger partial charge in [0.05, 0.1) is 5.25 Å². The van der Waals surface area contributed by atoms with Crippen molar-refractivity contribution in [2.24, 2.45) is 11.7 Å². The molecule has 0 fully saturated rings. The van der Waals surface area contributed by atoms with Gasteiger partial charge in [-0.15, -0.1) is 11.8 Å². The molecule has 3 amide bonds. The zero-order chi connectivity index (χ0) is 12.9. The standard InChI is InChI=1S/C9H16N2O4S/c1-4(2)6(8(13)14)16-5(3)7(12)11-9(10)15/h4-6H,1-3H3,(H,13,14)(H3,10,11,12,15). The van der Waals surface area contributed by atoms with Crippen LogP contribution in [-0.2, 0) is 9.59 Å². The Kier molecular flexibility index (Phi) is 5.87. The van der Waals surface area contributed by atoms with Crippen molar-refractivity contribution in [3.8, 4) is 0 Å². The van der Waals surface area contributed by atoms with Crippen LogP contribution in [0, 0.1) is 5.92 Å². The van der Waals surface area contributed by atoms with Crippen LogP contribution in [0.2, 0.25) is 0 Å². The highest BCUT2D eigenvalue weighted by Crippen LogP contribution is 2.24. The topological polar surface area (TPSA) is 109 Å². The summed E-state index contributed by atoms with van der Waals surface area (Å²) >= 11 is 0.992. The zero-order valence-electron chi connectivity index (χ0n) is 9.39. The number of carbonyl (C=O) groups is 3. The van der Waals surface area contributed by atoms with E-state index in [9.17, 15) is 14.4 Å². The van der Waals surface area contributed by atoms with Crippen molar-refractivity contribution in [1.29, 1.82) is 0 Å². The summed E-state index contributed by atoms with van der Waals surface area (Å²) in [6, 6.07) is -0.936. The molecule has 0 aromatic rings. The molecule has 0 radical (unpaired) electrons. The van der Waals surface area contributed by atoms with Gasteiger partial charge in [0.2, 0.25) is 5.91 Å². The predicted octanol–water partition coefficient (Wildman–Crippen LogP) is 0.412. The van der Waals surface area contributed by atoms with Gasteiger partial charge in [-0.05, 0) is 12.8 Å². The second-order valence-corrected chi connectivity index (χ2v) is 5.12. The Morgan fingerprint density at radius 1 is 1.25 bits per heavy atom. The lowest BCUT2D eigenvalue weighted by atomic mass is 10.1. The third-order valence-electron chi connectivity index (χ3n) is 1.82. The average molecular weight is 248 g/mol. The van der Waals surface area contributed by atoms with Crippen molar-refractivity contribution >= 4 is 29.7 Å². The molecular formula is C9H16N2O4S. The van der Waals surface area contributed by atoms with E-state index in [0.29, 0.717) is 0 Å². The number of hydrogen-bond acceptors (Lipinski definition) is 4. The molecule has 4 N–H and O–H groups in total. The fourth-order valence-electron chi connectivity index (χ4n) is 1.01. The summed E-state index contributed by atoms with van der Waals surface area (Å²) < 4.78 is 0. The highest BCUT2D eigenvalue weighted by atomic mass is 32.2. The van der Waals surface area contributed by atoms with E-state index in [2.05, 4.69) is 0 Å². The van der Waals surface area contributed by atoms with Crippen molar-refractivity contribution in [2.75, 3.05) is 0 Å². The number of carboxylic acid groups (broad SMARTS) is 1. The minimum Gasteiger partial charge on any atom is -0.480 e. The van der Waals surface area contributed by atoms with E-state index in [4.69, 9.17) is 10.8 Å². The Labute approximate surface area is 98.0 Å². The highest BCUT2D eigenvalue weighted by Gasteiger charge is 2.27. The van der Waals surface area contributed by atoms with Crippen LogP contribution in [-0.4, -0.2) is 33.5 Å². The molecule has 0 rings (SSSR count). The Balaban J connectivity index is 4.40. The monoisotopic (exact) mass is 248 g/mol. The van der Waals surface area contributed by atoms with E-state index in [0.717, 1.165) is 11.8 Å². The van der Waals surface area contributed by atoms with E-state index in [1.807, 2.05) is 5.32 Å². The van der Waals surface area contributed by atoms with Crippen molar-refractivity contribution in [1.82, 2.24) is 5.32 Å². The van der Waals surface area contributed by atoms with E-state index >= 15 is 0 Å². The number of hydrogen-bond donors (Lipinski definition) is 3. The number of thioether (sulfide) groups is 1. The van der Waals surface area contributed by atoms with Crippen LogP contribution in [0.5, 0.6) is 0 Å². The number of carboxylic acids is 1. The number of aliphatic carboxylic acids is 1. The van der Waals surface area contributed by atoms with E-state index in [1.165, 1.54) is 6.92 Å². The van der Waals surface area contributed by atoms with E-state index in [1.54, 1.807) is 13.8 Å². The molecular weight excluding hydrogens is 232 g/mol. The van der Waals surface area contributed by atoms with Crippen LogP contribution in [0.25, 0.3) is 0 Å². The van der Waals surface area contributed by atoms with Gasteiger partial charge < -0.3 is 10.8 Å². The fourth-order valence-corrected chi connectivity index (χ4v) is 2.06. The Hall–Kier alpha value is -1.24. The molecule has 0 heterocycles. The minimum absolute atomic E-state index is 0.105. The quantitative estimate of drug-likeness (QED) is 0.653. The summed E-state index contributed by atoms with van der Waals surface area (Å²) in [5, 5.41) is 9.49. The fraction of sp³-hybridized carbons (Fsp3) is 0.667. The van der Waals surface area contributed by atoms with Crippen LogP contribution in [0.3, 0.4) is 0 Å². The number of urea groups is 1. The predicted molar refractivity (Wildman–Crippen MR) is 61.0 cm³/mol. The van der Waals surface area contributed by atoms with E-state index in [-0.39, 0.29) is 5.92 Å². The Morgan fingerprint density at radius 2 is 1.75 bits per heavy atom. The molecule has 2 unspecified atom stereocenters. The molecule has 16 heavy (non-hydrogen) atoms. The summed E-state index contributed by atoms with van der Waals surface area (Å²) in [6.07, 6.45) is 0. The largest absolute Gasteiger partial charge is 0.480 e. The van der Waals surface area contributed by atoms with E-state index < -0.39 is 28.4 Å². The van der Waals surface area contributed by atoms with Crippen LogP contribution in [0.4, 0.5) is 4.79 Å². The maximum Gasteiger partial charge on any atom is 0.318 e. The summed E-state index contributed by atoms with van der Waals surface area (Å²) in [5.74, 6) is -1.66. The Bertz CT molecular complexity index is 293. The molecule has 7 heteroatoms. The third-order valence-corrected chi connectivity index (χ3v) is 3.48. The van der Waals surface area contributed by atoms with Crippen molar-refractivity contribution in [2.45, 2.75) is 31.3 Å². The molecule has 0 saturated carbocycles. The lowest BCUT2D eigenvalue weighted by Gasteiger charge is -2.19. The van der Waals surface area contributed by atoms with Crippen LogP contribution < -0.4 is 11.1 Å². The van der Waals surface area contributed by atoms with Crippen LogP contribution >= 0.6 is 11.8 Å². The first-order valence-corrected chi connectivity index (χ1v) is 5.68. The molecule has 0 saturated heterocycles. The van der Waals surface area contributed by atoms with Gasteiger partial charge >= 0.3 is 12.0 Å². The third kappa shape index (κ3) is 5.01. The Morgan fingerprint density at radius 3 is 2.06 bits per heavy atom. The van der Waals surface area contributed by atoms with Crippen LogP contribution in [0.1, 0.15) is 20.8 Å². The van der Waals surface area contributed by atoms with Gasteiger partial charge in [-0.1, -0.05) is 13.8 Å². The molecule has 0 bridgehead atoms. The molecule has 0 aromatic heterocycles. The average Bonchev–Trinajstić information content (AvgIpc) is 2.11. The molecule has 0 spiro atoms. The number of carbonyl (C=O) groups excluding carboxylic acids is 2.